The van der Waals surface area contributed by atoms with Crippen molar-refractivity contribution >= 4 is 41.1 Å². The van der Waals surface area contributed by atoms with E-state index in [2.05, 4.69) is 4.90 Å². The lowest BCUT2D eigenvalue weighted by atomic mass is 10.2. The Hall–Kier alpha value is -1.60. The van der Waals surface area contributed by atoms with Crippen molar-refractivity contribution in [1.82, 2.24) is 14.7 Å². The molecule has 0 radical (unpaired) electrons. The van der Waals surface area contributed by atoms with E-state index in [-0.39, 0.29) is 18.4 Å². The predicted molar refractivity (Wildman–Crippen MR) is 117 cm³/mol. The number of aliphatic hydroxyl groups excluding tert-OH is 1. The molecule has 0 bridgehead atoms. The van der Waals surface area contributed by atoms with Crippen LogP contribution in [0.3, 0.4) is 0 Å². The topological polar surface area (TPSA) is 64.1 Å². The number of amides is 2. The van der Waals surface area contributed by atoms with Crippen LogP contribution in [0.1, 0.15) is 24.8 Å². The Morgan fingerprint density at radius 2 is 1.97 bits per heavy atom. The van der Waals surface area contributed by atoms with Gasteiger partial charge in [0.05, 0.1) is 16.7 Å². The first-order valence-corrected chi connectivity index (χ1v) is 10.7. The van der Waals surface area contributed by atoms with Crippen LogP contribution in [0.4, 0.5) is 0 Å². The highest BCUT2D eigenvalue weighted by Crippen LogP contribution is 2.23. The van der Waals surface area contributed by atoms with Crippen LogP contribution in [0.5, 0.6) is 0 Å². The first-order valence-electron chi connectivity index (χ1n) is 9.90. The lowest BCUT2D eigenvalue weighted by Gasteiger charge is -2.22. The van der Waals surface area contributed by atoms with Gasteiger partial charge in [-0.3, -0.25) is 9.59 Å². The van der Waals surface area contributed by atoms with Gasteiger partial charge in [0.25, 0.3) is 0 Å². The van der Waals surface area contributed by atoms with Crippen molar-refractivity contribution in [3.05, 3.63) is 39.9 Å². The zero-order valence-corrected chi connectivity index (χ0v) is 18.3. The number of likely N-dealkylation sites (N-methyl/N-ethyl adjacent to an activating group) is 1. The summed E-state index contributed by atoms with van der Waals surface area (Å²) in [6, 6.07) is 5.20. The van der Waals surface area contributed by atoms with E-state index in [0.717, 1.165) is 24.9 Å². The van der Waals surface area contributed by atoms with E-state index in [1.807, 2.05) is 11.9 Å². The largest absolute Gasteiger partial charge is 0.395 e. The number of benzene rings is 1. The molecule has 1 aliphatic heterocycles. The molecule has 0 spiro atoms. The van der Waals surface area contributed by atoms with Crippen molar-refractivity contribution < 1.29 is 14.7 Å². The highest BCUT2D eigenvalue weighted by Gasteiger charge is 2.22. The molecule has 1 saturated heterocycles. The maximum atomic E-state index is 12.5. The SMILES string of the molecule is CN(CCO)CCCCN1CCN(C(=O)C=Cc2ccc(Cl)c(Cl)c2)CCC1=O. The number of hydrogen-bond acceptors (Lipinski definition) is 4. The summed E-state index contributed by atoms with van der Waals surface area (Å²) in [6.07, 6.45) is 5.44. The van der Waals surface area contributed by atoms with Crippen LogP contribution in [0, 0.1) is 0 Å². The molecule has 1 aromatic rings. The quantitative estimate of drug-likeness (QED) is 0.472. The van der Waals surface area contributed by atoms with Crippen LogP contribution in [0.15, 0.2) is 24.3 Å². The number of hydrogen-bond donors (Lipinski definition) is 1. The second-order valence-electron chi connectivity index (χ2n) is 7.20. The molecule has 2 amide bonds. The van der Waals surface area contributed by atoms with Crippen molar-refractivity contribution in [2.45, 2.75) is 19.3 Å². The van der Waals surface area contributed by atoms with Crippen molar-refractivity contribution in [1.29, 1.82) is 0 Å². The van der Waals surface area contributed by atoms with Gasteiger partial charge in [-0.25, -0.2) is 0 Å². The summed E-state index contributed by atoms with van der Waals surface area (Å²) in [7, 11) is 1.97. The molecule has 0 unspecified atom stereocenters. The van der Waals surface area contributed by atoms with E-state index in [9.17, 15) is 9.59 Å². The number of carbonyl (C=O) groups is 2. The number of halogens is 2. The smallest absolute Gasteiger partial charge is 0.246 e. The lowest BCUT2D eigenvalue weighted by molar-refractivity contribution is -0.130. The summed E-state index contributed by atoms with van der Waals surface area (Å²) in [5, 5.41) is 9.83. The summed E-state index contributed by atoms with van der Waals surface area (Å²) >= 11 is 11.9. The summed E-state index contributed by atoms with van der Waals surface area (Å²) in [5.41, 5.74) is 0.798. The number of nitrogens with zero attached hydrogens (tertiary/aromatic N) is 3. The summed E-state index contributed by atoms with van der Waals surface area (Å²) in [6.45, 7) is 3.93. The molecule has 1 fully saturated rings. The maximum Gasteiger partial charge on any atom is 0.246 e. The van der Waals surface area contributed by atoms with Gasteiger partial charge in [-0.2, -0.15) is 0 Å². The van der Waals surface area contributed by atoms with Crippen molar-refractivity contribution in [2.75, 3.05) is 52.9 Å². The molecule has 0 atom stereocenters. The van der Waals surface area contributed by atoms with E-state index >= 15 is 0 Å². The Balaban J connectivity index is 1.81. The maximum absolute atomic E-state index is 12.5. The normalized spacial score (nSPS) is 15.4. The Morgan fingerprint density at radius 3 is 2.69 bits per heavy atom. The fourth-order valence-electron chi connectivity index (χ4n) is 3.18. The third-order valence-electron chi connectivity index (χ3n) is 4.96. The molecule has 1 heterocycles. The zero-order valence-electron chi connectivity index (χ0n) is 16.8. The third kappa shape index (κ3) is 7.97. The standard InChI is InChI=1S/C21H29Cl2N3O3/c1-24(14-15-27)9-2-3-10-25-12-13-26(11-8-21(25)29)20(28)7-5-17-4-6-18(22)19(23)16-17/h4-7,16,27H,2-3,8-15H2,1H3. The molecule has 160 valence electrons. The Bertz CT molecular complexity index is 727. The minimum absolute atomic E-state index is 0.0949. The zero-order chi connectivity index (χ0) is 21.2. The van der Waals surface area contributed by atoms with E-state index in [0.29, 0.717) is 49.2 Å². The predicted octanol–water partition coefficient (Wildman–Crippen LogP) is 2.77. The number of unbranched alkanes of at least 4 members (excludes halogenated alkanes) is 1. The Kier molecular flexibility index (Phi) is 9.94. The molecule has 6 nitrogen and oxygen atoms in total. The van der Waals surface area contributed by atoms with Gasteiger partial charge in [-0.05, 0) is 50.2 Å². The molecule has 0 saturated carbocycles. The minimum Gasteiger partial charge on any atom is -0.395 e. The van der Waals surface area contributed by atoms with Crippen LogP contribution in [-0.4, -0.2) is 84.5 Å². The monoisotopic (exact) mass is 441 g/mol. The lowest BCUT2D eigenvalue weighted by Crippen LogP contribution is -2.35. The Labute approximate surface area is 182 Å². The average Bonchev–Trinajstić information content (AvgIpc) is 2.88. The molecule has 8 heteroatoms. The Morgan fingerprint density at radius 1 is 1.17 bits per heavy atom. The van der Waals surface area contributed by atoms with Gasteiger partial charge in [-0.1, -0.05) is 29.3 Å². The fraction of sp³-hybridized carbons (Fsp3) is 0.524. The van der Waals surface area contributed by atoms with E-state index in [4.69, 9.17) is 28.3 Å². The second kappa shape index (κ2) is 12.2. The summed E-state index contributed by atoms with van der Waals surface area (Å²) in [5.74, 6) is -0.0196. The molecule has 2 rings (SSSR count). The van der Waals surface area contributed by atoms with Gasteiger partial charge in [-0.15, -0.1) is 0 Å². The van der Waals surface area contributed by atoms with Crippen LogP contribution >= 0.6 is 23.2 Å². The van der Waals surface area contributed by atoms with Gasteiger partial charge >= 0.3 is 0 Å². The van der Waals surface area contributed by atoms with Crippen LogP contribution < -0.4 is 0 Å². The van der Waals surface area contributed by atoms with Gasteiger partial charge in [0.2, 0.25) is 11.8 Å². The molecular formula is C21H29Cl2N3O3. The second-order valence-corrected chi connectivity index (χ2v) is 8.01. The molecule has 1 aliphatic rings. The van der Waals surface area contributed by atoms with Gasteiger partial charge < -0.3 is 19.8 Å². The summed E-state index contributed by atoms with van der Waals surface area (Å²) < 4.78 is 0. The van der Waals surface area contributed by atoms with Crippen LogP contribution in [-0.2, 0) is 9.59 Å². The van der Waals surface area contributed by atoms with Gasteiger partial charge in [0.1, 0.15) is 0 Å². The fourth-order valence-corrected chi connectivity index (χ4v) is 3.49. The van der Waals surface area contributed by atoms with Crippen molar-refractivity contribution in [3.8, 4) is 0 Å². The average molecular weight is 442 g/mol. The first kappa shape index (κ1) is 23.7. The highest BCUT2D eigenvalue weighted by atomic mass is 35.5. The molecular weight excluding hydrogens is 413 g/mol. The van der Waals surface area contributed by atoms with E-state index < -0.39 is 0 Å². The summed E-state index contributed by atoms with van der Waals surface area (Å²) in [4.78, 5) is 30.5. The van der Waals surface area contributed by atoms with Crippen LogP contribution in [0.2, 0.25) is 10.0 Å². The van der Waals surface area contributed by atoms with E-state index in [1.54, 1.807) is 29.2 Å². The molecule has 0 aliphatic carbocycles. The molecule has 29 heavy (non-hydrogen) atoms. The first-order chi connectivity index (χ1) is 13.9. The molecule has 1 aromatic carbocycles. The van der Waals surface area contributed by atoms with E-state index in [1.165, 1.54) is 6.08 Å². The molecule has 1 N–H and O–H groups in total. The van der Waals surface area contributed by atoms with Gasteiger partial charge in [0.15, 0.2) is 0 Å². The number of carbonyl (C=O) groups excluding carboxylic acids is 2. The number of aliphatic hydroxyl groups is 1. The van der Waals surface area contributed by atoms with Crippen LogP contribution in [0.25, 0.3) is 6.08 Å². The van der Waals surface area contributed by atoms with Gasteiger partial charge in [0, 0.05) is 45.2 Å². The number of rotatable bonds is 9. The minimum atomic E-state index is -0.114. The van der Waals surface area contributed by atoms with Crippen molar-refractivity contribution in [2.24, 2.45) is 0 Å². The molecule has 0 aromatic heterocycles. The highest BCUT2D eigenvalue weighted by molar-refractivity contribution is 6.42. The third-order valence-corrected chi connectivity index (χ3v) is 5.70. The van der Waals surface area contributed by atoms with Crippen molar-refractivity contribution in [3.63, 3.8) is 0 Å².